The Morgan fingerprint density at radius 3 is 2.76 bits per heavy atom. The maximum absolute atomic E-state index is 11.6. The van der Waals surface area contributed by atoms with Crippen molar-refractivity contribution in [3.63, 3.8) is 0 Å². The number of terminal acetylenes is 1. The monoisotopic (exact) mass is 236 g/mol. The first-order valence-corrected chi connectivity index (χ1v) is 6.57. The summed E-state index contributed by atoms with van der Waals surface area (Å²) in [7, 11) is 0. The molecule has 0 bridgehead atoms. The zero-order valence-corrected chi connectivity index (χ0v) is 10.8. The molecular formula is C14H24N2O. The van der Waals surface area contributed by atoms with Crippen LogP contribution in [0.5, 0.6) is 0 Å². The molecule has 1 saturated heterocycles. The normalized spacial score (nSPS) is 18.4. The van der Waals surface area contributed by atoms with Crippen molar-refractivity contribution < 1.29 is 4.79 Å². The summed E-state index contributed by atoms with van der Waals surface area (Å²) in [5.41, 5.74) is 0.278. The quantitative estimate of drug-likeness (QED) is 0.544. The minimum absolute atomic E-state index is 0.168. The van der Waals surface area contributed by atoms with Crippen molar-refractivity contribution in [2.24, 2.45) is 5.41 Å². The first kappa shape index (κ1) is 14.1. The van der Waals surface area contributed by atoms with Crippen molar-refractivity contribution in [3.8, 4) is 12.3 Å². The number of piperidine rings is 1. The van der Waals surface area contributed by atoms with E-state index in [1.165, 1.54) is 0 Å². The molecule has 1 fully saturated rings. The van der Waals surface area contributed by atoms with E-state index in [9.17, 15) is 4.79 Å². The molecule has 1 aliphatic rings. The van der Waals surface area contributed by atoms with Gasteiger partial charge in [0.25, 0.3) is 0 Å². The first-order chi connectivity index (χ1) is 8.16. The molecule has 0 radical (unpaired) electrons. The summed E-state index contributed by atoms with van der Waals surface area (Å²) in [5.74, 6) is 2.76. The molecule has 0 unspecified atom stereocenters. The number of hydrogen-bond acceptors (Lipinski definition) is 2. The van der Waals surface area contributed by atoms with E-state index in [-0.39, 0.29) is 11.3 Å². The molecule has 0 saturated carbocycles. The molecule has 0 aromatic heterocycles. The van der Waals surface area contributed by atoms with Gasteiger partial charge < -0.3 is 10.6 Å². The van der Waals surface area contributed by atoms with Gasteiger partial charge in [-0.25, -0.2) is 0 Å². The summed E-state index contributed by atoms with van der Waals surface area (Å²) in [6.07, 6.45) is 10.7. The van der Waals surface area contributed by atoms with E-state index in [2.05, 4.69) is 23.5 Å². The highest BCUT2D eigenvalue weighted by molar-refractivity contribution is 5.75. The molecule has 0 atom stereocenters. The van der Waals surface area contributed by atoms with Crippen molar-refractivity contribution in [1.29, 1.82) is 0 Å². The summed E-state index contributed by atoms with van der Waals surface area (Å²) in [6.45, 7) is 5.19. The van der Waals surface area contributed by atoms with Crippen molar-refractivity contribution >= 4 is 5.91 Å². The number of amides is 1. The third kappa shape index (κ3) is 5.74. The minimum atomic E-state index is 0.168. The molecule has 0 aliphatic carbocycles. The summed E-state index contributed by atoms with van der Waals surface area (Å²) in [6, 6.07) is 0. The van der Waals surface area contributed by atoms with E-state index in [0.29, 0.717) is 6.42 Å². The summed E-state index contributed by atoms with van der Waals surface area (Å²) in [4.78, 5) is 11.6. The highest BCUT2D eigenvalue weighted by atomic mass is 16.1. The molecule has 2 N–H and O–H groups in total. The SMILES string of the molecule is C#CCCCCC(=O)NCC1(C)CCNCC1. The molecule has 96 valence electrons. The van der Waals surface area contributed by atoms with E-state index in [1.807, 2.05) is 0 Å². The van der Waals surface area contributed by atoms with Crippen LogP contribution in [-0.2, 0) is 4.79 Å². The lowest BCUT2D eigenvalue weighted by molar-refractivity contribution is -0.121. The van der Waals surface area contributed by atoms with E-state index in [4.69, 9.17) is 6.42 Å². The number of rotatable bonds is 6. The van der Waals surface area contributed by atoms with Gasteiger partial charge >= 0.3 is 0 Å². The van der Waals surface area contributed by atoms with Gasteiger partial charge in [0.15, 0.2) is 0 Å². The van der Waals surface area contributed by atoms with Crippen LogP contribution in [0.2, 0.25) is 0 Å². The Morgan fingerprint density at radius 2 is 2.12 bits per heavy atom. The van der Waals surface area contributed by atoms with Crippen LogP contribution in [0, 0.1) is 17.8 Å². The Hall–Kier alpha value is -1.01. The van der Waals surface area contributed by atoms with Crippen LogP contribution in [0.4, 0.5) is 0 Å². The fourth-order valence-electron chi connectivity index (χ4n) is 2.12. The Morgan fingerprint density at radius 1 is 1.41 bits per heavy atom. The van der Waals surface area contributed by atoms with Gasteiger partial charge in [0.1, 0.15) is 0 Å². The topological polar surface area (TPSA) is 41.1 Å². The predicted molar refractivity (Wildman–Crippen MR) is 70.5 cm³/mol. The molecule has 1 amide bonds. The second-order valence-corrected chi connectivity index (χ2v) is 5.25. The molecular weight excluding hydrogens is 212 g/mol. The Kier molecular flexibility index (Phi) is 6.07. The number of unbranched alkanes of at least 4 members (excludes halogenated alkanes) is 2. The van der Waals surface area contributed by atoms with Crippen molar-refractivity contribution in [1.82, 2.24) is 10.6 Å². The Bertz CT molecular complexity index is 274. The molecule has 1 rings (SSSR count). The summed E-state index contributed by atoms with van der Waals surface area (Å²) >= 11 is 0. The van der Waals surface area contributed by atoms with Crippen LogP contribution in [0.1, 0.15) is 45.4 Å². The van der Waals surface area contributed by atoms with Gasteiger partial charge in [-0.05, 0) is 44.2 Å². The van der Waals surface area contributed by atoms with E-state index < -0.39 is 0 Å². The first-order valence-electron chi connectivity index (χ1n) is 6.57. The second-order valence-electron chi connectivity index (χ2n) is 5.25. The van der Waals surface area contributed by atoms with Gasteiger partial charge in [0.05, 0.1) is 0 Å². The minimum Gasteiger partial charge on any atom is -0.356 e. The van der Waals surface area contributed by atoms with Gasteiger partial charge in [0.2, 0.25) is 5.91 Å². The highest BCUT2D eigenvalue weighted by Crippen LogP contribution is 2.26. The predicted octanol–water partition coefficient (Wildman–Crippen LogP) is 1.69. The lowest BCUT2D eigenvalue weighted by Gasteiger charge is -2.34. The average molecular weight is 236 g/mol. The molecule has 0 spiro atoms. The average Bonchev–Trinajstić information content (AvgIpc) is 2.33. The van der Waals surface area contributed by atoms with Crippen LogP contribution in [0.15, 0.2) is 0 Å². The summed E-state index contributed by atoms with van der Waals surface area (Å²) < 4.78 is 0. The van der Waals surface area contributed by atoms with Gasteiger partial charge in [-0.3, -0.25) is 4.79 Å². The van der Waals surface area contributed by atoms with Crippen molar-refractivity contribution in [2.45, 2.75) is 45.4 Å². The standard InChI is InChI=1S/C14H24N2O/c1-3-4-5-6-7-13(17)16-12-14(2)8-10-15-11-9-14/h1,15H,4-12H2,2H3,(H,16,17). The summed E-state index contributed by atoms with van der Waals surface area (Å²) in [5, 5.41) is 6.40. The smallest absolute Gasteiger partial charge is 0.220 e. The van der Waals surface area contributed by atoms with Crippen LogP contribution in [-0.4, -0.2) is 25.5 Å². The molecule has 17 heavy (non-hydrogen) atoms. The fraction of sp³-hybridized carbons (Fsp3) is 0.786. The van der Waals surface area contributed by atoms with Gasteiger partial charge in [-0.2, -0.15) is 0 Å². The number of carbonyl (C=O) groups excluding carboxylic acids is 1. The maximum Gasteiger partial charge on any atom is 0.220 e. The molecule has 0 aromatic carbocycles. The third-order valence-electron chi connectivity index (χ3n) is 3.50. The largest absolute Gasteiger partial charge is 0.356 e. The number of hydrogen-bond donors (Lipinski definition) is 2. The lowest BCUT2D eigenvalue weighted by Crippen LogP contribution is -2.42. The fourth-order valence-corrected chi connectivity index (χ4v) is 2.12. The number of carbonyl (C=O) groups is 1. The highest BCUT2D eigenvalue weighted by Gasteiger charge is 2.26. The Balaban J connectivity index is 2.12. The van der Waals surface area contributed by atoms with E-state index in [0.717, 1.165) is 51.7 Å². The Labute approximate surface area is 105 Å². The van der Waals surface area contributed by atoms with Crippen LogP contribution < -0.4 is 10.6 Å². The zero-order chi connectivity index (χ0) is 12.6. The molecule has 1 heterocycles. The molecule has 0 aromatic rings. The van der Waals surface area contributed by atoms with Crippen LogP contribution in [0.25, 0.3) is 0 Å². The lowest BCUT2D eigenvalue weighted by atomic mass is 9.81. The van der Waals surface area contributed by atoms with Crippen LogP contribution in [0.3, 0.4) is 0 Å². The van der Waals surface area contributed by atoms with Crippen LogP contribution >= 0.6 is 0 Å². The van der Waals surface area contributed by atoms with Crippen molar-refractivity contribution in [3.05, 3.63) is 0 Å². The molecule has 1 aliphatic heterocycles. The second kappa shape index (κ2) is 7.34. The third-order valence-corrected chi connectivity index (χ3v) is 3.50. The molecule has 3 heteroatoms. The van der Waals surface area contributed by atoms with E-state index >= 15 is 0 Å². The number of nitrogens with one attached hydrogen (secondary N) is 2. The van der Waals surface area contributed by atoms with Gasteiger partial charge in [0, 0.05) is 19.4 Å². The van der Waals surface area contributed by atoms with Gasteiger partial charge in [-0.1, -0.05) is 6.92 Å². The van der Waals surface area contributed by atoms with E-state index in [1.54, 1.807) is 0 Å². The van der Waals surface area contributed by atoms with Gasteiger partial charge in [-0.15, -0.1) is 12.3 Å². The zero-order valence-electron chi connectivity index (χ0n) is 10.8. The maximum atomic E-state index is 11.6. The molecule has 3 nitrogen and oxygen atoms in total. The van der Waals surface area contributed by atoms with Crippen molar-refractivity contribution in [2.75, 3.05) is 19.6 Å².